The highest BCUT2D eigenvalue weighted by Gasteiger charge is 2.27. The number of benzene rings is 1. The van der Waals surface area contributed by atoms with E-state index in [9.17, 15) is 4.79 Å². The number of hydrogen-bond donors (Lipinski definition) is 2. The highest BCUT2D eigenvalue weighted by atomic mass is 16.5. The second-order valence-electron chi connectivity index (χ2n) is 7.70. The highest BCUT2D eigenvalue weighted by molar-refractivity contribution is 5.94. The van der Waals surface area contributed by atoms with E-state index in [-0.39, 0.29) is 12.0 Å². The molecule has 28 heavy (non-hydrogen) atoms. The fourth-order valence-electron chi connectivity index (χ4n) is 3.75. The Hall–Kier alpha value is -2.18. The molecule has 1 aliphatic carbocycles. The lowest BCUT2D eigenvalue weighted by molar-refractivity contribution is 0.0790. The van der Waals surface area contributed by atoms with Crippen LogP contribution in [0.4, 0.5) is 0 Å². The Kier molecular flexibility index (Phi) is 7.23. The van der Waals surface area contributed by atoms with Gasteiger partial charge in [-0.3, -0.25) is 9.48 Å². The largest absolute Gasteiger partial charge is 0.377 e. The van der Waals surface area contributed by atoms with E-state index < -0.39 is 0 Å². The Balaban J connectivity index is 1.55. The van der Waals surface area contributed by atoms with Gasteiger partial charge in [-0.05, 0) is 45.1 Å². The minimum atomic E-state index is -0.0726. The van der Waals surface area contributed by atoms with Crippen LogP contribution in [-0.4, -0.2) is 47.5 Å². The molecule has 1 unspecified atom stereocenters. The minimum Gasteiger partial charge on any atom is -0.377 e. The Bertz CT molecular complexity index is 770. The van der Waals surface area contributed by atoms with Crippen LogP contribution < -0.4 is 10.6 Å². The smallest absolute Gasteiger partial charge is 0.272 e. The summed E-state index contributed by atoms with van der Waals surface area (Å²) >= 11 is 0. The maximum absolute atomic E-state index is 12.7. The van der Waals surface area contributed by atoms with Crippen LogP contribution in [0.1, 0.15) is 47.6 Å². The summed E-state index contributed by atoms with van der Waals surface area (Å²) < 4.78 is 7.48. The summed E-state index contributed by atoms with van der Waals surface area (Å²) in [5, 5.41) is 11.1. The molecule has 0 saturated heterocycles. The van der Waals surface area contributed by atoms with Crippen LogP contribution >= 0.6 is 0 Å². The van der Waals surface area contributed by atoms with E-state index in [4.69, 9.17) is 4.74 Å². The molecule has 2 aromatic rings. The maximum atomic E-state index is 12.7. The van der Waals surface area contributed by atoms with Crippen molar-refractivity contribution in [3.63, 3.8) is 0 Å². The van der Waals surface area contributed by atoms with Crippen molar-refractivity contribution >= 4 is 5.91 Å². The van der Waals surface area contributed by atoms with Crippen molar-refractivity contribution in [2.24, 2.45) is 7.05 Å². The molecular weight excluding hydrogens is 352 g/mol. The van der Waals surface area contributed by atoms with Gasteiger partial charge in [-0.25, -0.2) is 0 Å². The number of carbonyl (C=O) groups is 1. The summed E-state index contributed by atoms with van der Waals surface area (Å²) in [5.74, 6) is -0.0726. The molecule has 6 nitrogen and oxygen atoms in total. The van der Waals surface area contributed by atoms with Gasteiger partial charge in [0, 0.05) is 37.4 Å². The normalized spacial score (nSPS) is 16.2. The molecule has 0 fully saturated rings. The zero-order valence-electron chi connectivity index (χ0n) is 17.2. The van der Waals surface area contributed by atoms with Crippen molar-refractivity contribution in [3.05, 3.63) is 52.8 Å². The van der Waals surface area contributed by atoms with E-state index in [1.807, 2.05) is 43.8 Å². The summed E-state index contributed by atoms with van der Waals surface area (Å²) in [6.45, 7) is 6.25. The van der Waals surface area contributed by atoms with Crippen molar-refractivity contribution in [2.75, 3.05) is 19.7 Å². The molecule has 1 aromatic carbocycles. The lowest BCUT2D eigenvalue weighted by Gasteiger charge is -2.24. The number of amides is 1. The summed E-state index contributed by atoms with van der Waals surface area (Å²) in [7, 11) is 1.93. The predicted octanol–water partition coefficient (Wildman–Crippen LogP) is 2.26. The monoisotopic (exact) mass is 384 g/mol. The molecule has 1 heterocycles. The number of nitrogens with one attached hydrogen (secondary N) is 2. The molecule has 1 atom stereocenters. The third-order valence-corrected chi connectivity index (χ3v) is 5.20. The zero-order valence-corrected chi connectivity index (χ0v) is 17.2. The Morgan fingerprint density at radius 2 is 2.07 bits per heavy atom. The minimum absolute atomic E-state index is 0.0726. The Labute approximate surface area is 167 Å². The number of rotatable bonds is 9. The molecule has 0 aliphatic heterocycles. The fourth-order valence-corrected chi connectivity index (χ4v) is 3.75. The summed E-state index contributed by atoms with van der Waals surface area (Å²) in [6, 6.07) is 10.6. The SMILES string of the molecule is CC(C)OCCNC1CCc2c(c(C(=O)NCCc3ccccc3)nn2C)C1. The van der Waals surface area contributed by atoms with Crippen LogP contribution in [0.3, 0.4) is 0 Å². The molecule has 0 radical (unpaired) electrons. The van der Waals surface area contributed by atoms with Crippen molar-refractivity contribution in [2.45, 2.75) is 51.7 Å². The number of aryl methyl sites for hydroxylation is 1. The predicted molar refractivity (Wildman–Crippen MR) is 111 cm³/mol. The molecule has 1 aromatic heterocycles. The molecule has 0 spiro atoms. The van der Waals surface area contributed by atoms with E-state index >= 15 is 0 Å². The fraction of sp³-hybridized carbons (Fsp3) is 0.545. The second-order valence-corrected chi connectivity index (χ2v) is 7.70. The van der Waals surface area contributed by atoms with Crippen LogP contribution in [0.25, 0.3) is 0 Å². The summed E-state index contributed by atoms with van der Waals surface area (Å²) in [6.07, 6.45) is 3.92. The summed E-state index contributed by atoms with van der Waals surface area (Å²) in [5.41, 5.74) is 4.08. The van der Waals surface area contributed by atoms with Crippen molar-refractivity contribution < 1.29 is 9.53 Å². The van der Waals surface area contributed by atoms with Crippen LogP contribution in [0.5, 0.6) is 0 Å². The highest BCUT2D eigenvalue weighted by Crippen LogP contribution is 2.24. The molecule has 2 N–H and O–H groups in total. The number of hydrogen-bond acceptors (Lipinski definition) is 4. The second kappa shape index (κ2) is 9.85. The summed E-state index contributed by atoms with van der Waals surface area (Å²) in [4.78, 5) is 12.7. The van der Waals surface area contributed by atoms with Crippen molar-refractivity contribution in [3.8, 4) is 0 Å². The molecule has 152 valence electrons. The number of carbonyl (C=O) groups excluding carboxylic acids is 1. The Morgan fingerprint density at radius 3 is 2.82 bits per heavy atom. The van der Waals surface area contributed by atoms with Gasteiger partial charge in [-0.15, -0.1) is 0 Å². The van der Waals surface area contributed by atoms with Gasteiger partial charge in [0.05, 0.1) is 12.7 Å². The van der Waals surface area contributed by atoms with Gasteiger partial charge >= 0.3 is 0 Å². The van der Waals surface area contributed by atoms with Gasteiger partial charge in [0.15, 0.2) is 5.69 Å². The van der Waals surface area contributed by atoms with E-state index in [1.54, 1.807) is 0 Å². The first-order valence-electron chi connectivity index (χ1n) is 10.3. The van der Waals surface area contributed by atoms with Gasteiger partial charge in [0.1, 0.15) is 0 Å². The lowest BCUT2D eigenvalue weighted by atomic mass is 9.91. The van der Waals surface area contributed by atoms with Crippen molar-refractivity contribution in [1.29, 1.82) is 0 Å². The van der Waals surface area contributed by atoms with Crippen LogP contribution in [-0.2, 0) is 31.0 Å². The average Bonchev–Trinajstić information content (AvgIpc) is 3.02. The molecule has 3 rings (SSSR count). The van der Waals surface area contributed by atoms with E-state index in [1.165, 1.54) is 11.3 Å². The van der Waals surface area contributed by atoms with Crippen LogP contribution in [0.2, 0.25) is 0 Å². The first kappa shape index (κ1) is 20.6. The Morgan fingerprint density at radius 1 is 1.29 bits per heavy atom. The van der Waals surface area contributed by atoms with Gasteiger partial charge in [-0.1, -0.05) is 30.3 Å². The average molecular weight is 385 g/mol. The molecular formula is C22H32N4O2. The quantitative estimate of drug-likeness (QED) is 0.651. The first-order valence-corrected chi connectivity index (χ1v) is 10.3. The van der Waals surface area contributed by atoms with Gasteiger partial charge < -0.3 is 15.4 Å². The molecule has 1 aliphatic rings. The number of nitrogens with zero attached hydrogens (tertiary/aromatic N) is 2. The standard InChI is InChI=1S/C22H32N4O2/c1-16(2)28-14-13-23-18-9-10-20-19(15-18)21(25-26(20)3)22(27)24-12-11-17-7-5-4-6-8-17/h4-8,16,18,23H,9-15H2,1-3H3,(H,24,27). The third-order valence-electron chi connectivity index (χ3n) is 5.20. The molecule has 6 heteroatoms. The third kappa shape index (κ3) is 5.42. The van der Waals surface area contributed by atoms with Gasteiger partial charge in [-0.2, -0.15) is 5.10 Å². The number of ether oxygens (including phenoxy) is 1. The van der Waals surface area contributed by atoms with Crippen molar-refractivity contribution in [1.82, 2.24) is 20.4 Å². The zero-order chi connectivity index (χ0) is 19.9. The molecule has 0 saturated carbocycles. The van der Waals surface area contributed by atoms with E-state index in [0.29, 0.717) is 24.9 Å². The lowest BCUT2D eigenvalue weighted by Crippen LogP contribution is -2.37. The number of aromatic nitrogens is 2. The van der Waals surface area contributed by atoms with Crippen LogP contribution in [0.15, 0.2) is 30.3 Å². The van der Waals surface area contributed by atoms with Gasteiger partial charge in [0.25, 0.3) is 5.91 Å². The van der Waals surface area contributed by atoms with E-state index in [2.05, 4.69) is 27.9 Å². The molecule has 1 amide bonds. The van der Waals surface area contributed by atoms with E-state index in [0.717, 1.165) is 37.8 Å². The topological polar surface area (TPSA) is 68.2 Å². The van der Waals surface area contributed by atoms with Crippen LogP contribution in [0, 0.1) is 0 Å². The van der Waals surface area contributed by atoms with Gasteiger partial charge in [0.2, 0.25) is 0 Å². The first-order chi connectivity index (χ1) is 13.5. The molecule has 0 bridgehead atoms. The number of fused-ring (bicyclic) bond motifs is 1. The maximum Gasteiger partial charge on any atom is 0.272 e.